The van der Waals surface area contributed by atoms with Crippen molar-refractivity contribution in [3.8, 4) is 28.7 Å². The van der Waals surface area contributed by atoms with Gasteiger partial charge in [0, 0.05) is 13.5 Å². The van der Waals surface area contributed by atoms with Gasteiger partial charge < -0.3 is 15.2 Å². The molecule has 2 N–H and O–H groups in total. The van der Waals surface area contributed by atoms with Gasteiger partial charge in [0.25, 0.3) is 0 Å². The van der Waals surface area contributed by atoms with Crippen molar-refractivity contribution < 1.29 is 14.3 Å². The molecule has 0 saturated carbocycles. The van der Waals surface area contributed by atoms with Gasteiger partial charge in [-0.2, -0.15) is 5.26 Å². The van der Waals surface area contributed by atoms with Crippen LogP contribution in [0.2, 0.25) is 0 Å². The number of para-hydroxylation sites is 1. The number of hydrogen-bond acceptors (Lipinski definition) is 7. The summed E-state index contributed by atoms with van der Waals surface area (Å²) in [4.78, 5) is 10.5. The molecular formula is C27H26N4O3. The number of hydrogen-bond donors (Lipinski definition) is 1. The number of aliphatic imine (C=N–C) groups is 1. The van der Waals surface area contributed by atoms with Gasteiger partial charge in [0.2, 0.25) is 11.7 Å². The van der Waals surface area contributed by atoms with Crippen molar-refractivity contribution in [1.29, 1.82) is 5.26 Å². The van der Waals surface area contributed by atoms with Crippen molar-refractivity contribution in [3.63, 3.8) is 0 Å². The number of nitrogens with zero attached hydrogens (tertiary/aromatic N) is 3. The fourth-order valence-electron chi connectivity index (χ4n) is 4.40. The maximum Gasteiger partial charge on any atom is 0.221 e. The number of benzene rings is 3. The summed E-state index contributed by atoms with van der Waals surface area (Å²) in [7, 11) is 1.74. The molecule has 3 aliphatic rings. The Balaban J connectivity index is 0.000000200. The fourth-order valence-corrected chi connectivity index (χ4v) is 4.40. The lowest BCUT2D eigenvalue weighted by atomic mass is 9.92. The zero-order chi connectivity index (χ0) is 23.5. The topological polar surface area (TPSA) is 93.1 Å². The van der Waals surface area contributed by atoms with Crippen LogP contribution in [-0.2, 0) is 17.0 Å². The molecule has 0 radical (unpaired) electrons. The minimum absolute atomic E-state index is 0.347. The molecule has 0 unspecified atom stereocenters. The Hall–Kier alpha value is -4.02. The van der Waals surface area contributed by atoms with Crippen molar-refractivity contribution in [3.05, 3.63) is 83.4 Å². The van der Waals surface area contributed by atoms with Gasteiger partial charge in [0.1, 0.15) is 11.5 Å². The lowest BCUT2D eigenvalue weighted by molar-refractivity contribution is -0.183. The molecule has 7 heteroatoms. The second kappa shape index (κ2) is 9.08. The molecule has 0 fully saturated rings. The van der Waals surface area contributed by atoms with E-state index in [0.717, 1.165) is 41.2 Å². The van der Waals surface area contributed by atoms with Crippen LogP contribution in [0.25, 0.3) is 11.1 Å². The predicted octanol–water partition coefficient (Wildman–Crippen LogP) is 4.36. The van der Waals surface area contributed by atoms with Gasteiger partial charge in [-0.15, -0.1) is 0 Å². The summed E-state index contributed by atoms with van der Waals surface area (Å²) >= 11 is 0. The summed E-state index contributed by atoms with van der Waals surface area (Å²) in [5, 5.41) is 10.6. The molecule has 1 spiro atoms. The Morgan fingerprint density at radius 3 is 2.59 bits per heavy atom. The number of hydroxylamine groups is 2. The summed E-state index contributed by atoms with van der Waals surface area (Å²) < 4.78 is 11.2. The Morgan fingerprint density at radius 2 is 1.79 bits per heavy atom. The van der Waals surface area contributed by atoms with Gasteiger partial charge in [0.05, 0.1) is 30.4 Å². The number of aryl methyl sites for hydroxylation is 1. The number of nitrogens with two attached hydrogens (primary N) is 1. The quantitative estimate of drug-likeness (QED) is 0.587. The molecule has 0 aliphatic carbocycles. The fraction of sp³-hybridized carbons (Fsp3) is 0.259. The van der Waals surface area contributed by atoms with Crippen LogP contribution in [0.5, 0.6) is 11.5 Å². The van der Waals surface area contributed by atoms with E-state index in [1.165, 1.54) is 17.0 Å². The van der Waals surface area contributed by atoms with Crippen LogP contribution in [0.1, 0.15) is 29.5 Å². The van der Waals surface area contributed by atoms with E-state index in [9.17, 15) is 0 Å². The third-order valence-corrected chi connectivity index (χ3v) is 6.15. The van der Waals surface area contributed by atoms with Gasteiger partial charge in [-0.25, -0.2) is 14.9 Å². The maximum atomic E-state index is 9.10. The molecule has 0 bridgehead atoms. The third kappa shape index (κ3) is 4.16. The zero-order valence-electron chi connectivity index (χ0n) is 19.0. The molecule has 3 aromatic carbocycles. The first-order valence-electron chi connectivity index (χ1n) is 11.3. The molecule has 0 saturated heterocycles. The summed E-state index contributed by atoms with van der Waals surface area (Å²) in [6.07, 6.45) is 2.93. The monoisotopic (exact) mass is 454 g/mol. The molecule has 3 aliphatic heterocycles. The standard InChI is InChI=1S/C18H16N4O2.C9H10O/c1-22-17(20)21-18(24-22)7-8-23-16-6-5-14(10-15(16)18)13-4-2-3-12(9-13)11-19;1-2-6-9-8(4-1)5-3-7-10-9/h2-6,9-10H,7-8H2,1H3,(H2,20,21);1-2,4,6H,3,5,7H2/t18-;/m1./s1. The first kappa shape index (κ1) is 21.8. The number of rotatable bonds is 1. The Labute approximate surface area is 199 Å². The lowest BCUT2D eigenvalue weighted by Gasteiger charge is -2.32. The highest BCUT2D eigenvalue weighted by atomic mass is 16.7. The number of ether oxygens (including phenoxy) is 2. The molecule has 34 heavy (non-hydrogen) atoms. The minimum Gasteiger partial charge on any atom is -0.493 e. The highest BCUT2D eigenvalue weighted by Crippen LogP contribution is 2.45. The van der Waals surface area contributed by atoms with Crippen LogP contribution >= 0.6 is 0 Å². The van der Waals surface area contributed by atoms with Crippen LogP contribution in [0.4, 0.5) is 0 Å². The van der Waals surface area contributed by atoms with Crippen molar-refractivity contribution in [2.75, 3.05) is 20.3 Å². The van der Waals surface area contributed by atoms with E-state index in [0.29, 0.717) is 24.6 Å². The molecule has 7 nitrogen and oxygen atoms in total. The summed E-state index contributed by atoms with van der Waals surface area (Å²) in [5.41, 5.74) is 9.82. The van der Waals surface area contributed by atoms with Crippen LogP contribution in [-0.4, -0.2) is 31.3 Å². The van der Waals surface area contributed by atoms with E-state index >= 15 is 0 Å². The molecule has 172 valence electrons. The summed E-state index contributed by atoms with van der Waals surface area (Å²) in [5.74, 6) is 2.17. The summed E-state index contributed by atoms with van der Waals surface area (Å²) in [6.45, 7) is 1.40. The second-order valence-electron chi connectivity index (χ2n) is 8.40. The molecule has 1 atom stereocenters. The van der Waals surface area contributed by atoms with E-state index in [2.05, 4.69) is 23.2 Å². The van der Waals surface area contributed by atoms with E-state index in [1.807, 2.05) is 48.5 Å². The van der Waals surface area contributed by atoms with Crippen molar-refractivity contribution in [2.45, 2.75) is 25.0 Å². The van der Waals surface area contributed by atoms with Gasteiger partial charge >= 0.3 is 0 Å². The third-order valence-electron chi connectivity index (χ3n) is 6.15. The van der Waals surface area contributed by atoms with Gasteiger partial charge in [-0.3, -0.25) is 0 Å². The molecule has 0 aromatic heterocycles. The lowest BCUT2D eigenvalue weighted by Crippen LogP contribution is -2.35. The highest BCUT2D eigenvalue weighted by molar-refractivity contribution is 5.79. The van der Waals surface area contributed by atoms with Crippen LogP contribution in [0.3, 0.4) is 0 Å². The molecular weight excluding hydrogens is 428 g/mol. The van der Waals surface area contributed by atoms with Gasteiger partial charge in [-0.1, -0.05) is 36.4 Å². The van der Waals surface area contributed by atoms with E-state index in [1.54, 1.807) is 13.1 Å². The van der Waals surface area contributed by atoms with E-state index in [-0.39, 0.29) is 0 Å². The Kier molecular flexibility index (Phi) is 5.83. The maximum absolute atomic E-state index is 9.10. The Bertz CT molecular complexity index is 1260. The average molecular weight is 455 g/mol. The molecule has 0 amide bonds. The molecule has 3 aromatic rings. The Morgan fingerprint density at radius 1 is 0.971 bits per heavy atom. The highest BCUT2D eigenvalue weighted by Gasteiger charge is 2.45. The number of guanidine groups is 1. The molecule has 6 rings (SSSR count). The average Bonchev–Trinajstić information content (AvgIpc) is 3.17. The zero-order valence-corrected chi connectivity index (χ0v) is 19.0. The van der Waals surface area contributed by atoms with Crippen LogP contribution < -0.4 is 15.2 Å². The van der Waals surface area contributed by atoms with E-state index < -0.39 is 5.72 Å². The SMILES string of the molecule is CN1O[C@@]2(CCOc3ccc(-c4cccc(C#N)c4)cc32)N=C1N.c1ccc2c(c1)CCCO2. The number of nitriles is 1. The second-order valence-corrected chi connectivity index (χ2v) is 8.40. The molecule has 3 heterocycles. The number of fused-ring (bicyclic) bond motifs is 3. The first-order chi connectivity index (χ1) is 16.6. The van der Waals surface area contributed by atoms with Crippen molar-refractivity contribution in [2.24, 2.45) is 10.7 Å². The van der Waals surface area contributed by atoms with Crippen molar-refractivity contribution in [1.82, 2.24) is 5.06 Å². The van der Waals surface area contributed by atoms with Gasteiger partial charge in [0.15, 0.2) is 0 Å². The van der Waals surface area contributed by atoms with Crippen LogP contribution in [0, 0.1) is 11.3 Å². The minimum atomic E-state index is -0.838. The van der Waals surface area contributed by atoms with E-state index in [4.69, 9.17) is 25.3 Å². The van der Waals surface area contributed by atoms with Crippen molar-refractivity contribution >= 4 is 5.96 Å². The van der Waals surface area contributed by atoms with Gasteiger partial charge in [-0.05, 0) is 59.9 Å². The van der Waals surface area contributed by atoms with Crippen LogP contribution in [0.15, 0.2) is 71.7 Å². The predicted molar refractivity (Wildman–Crippen MR) is 129 cm³/mol. The first-order valence-corrected chi connectivity index (χ1v) is 11.3. The largest absolute Gasteiger partial charge is 0.493 e. The normalized spacial score (nSPS) is 20.0. The summed E-state index contributed by atoms with van der Waals surface area (Å²) in [6, 6.07) is 23.8. The smallest absolute Gasteiger partial charge is 0.221 e.